The summed E-state index contributed by atoms with van der Waals surface area (Å²) in [5, 5.41) is 0. The van der Waals surface area contributed by atoms with Gasteiger partial charge < -0.3 is 15.5 Å². The molecule has 2 rings (SSSR count). The van der Waals surface area contributed by atoms with E-state index in [4.69, 9.17) is 18.0 Å². The predicted molar refractivity (Wildman–Crippen MR) is 81.4 cm³/mol. The fourth-order valence-corrected chi connectivity index (χ4v) is 2.62. The van der Waals surface area contributed by atoms with Crippen molar-refractivity contribution >= 4 is 28.8 Å². The van der Waals surface area contributed by atoms with E-state index in [-0.39, 0.29) is 16.7 Å². The van der Waals surface area contributed by atoms with E-state index in [1.54, 1.807) is 13.0 Å². The smallest absolute Gasteiger partial charge is 0.219 e. The van der Waals surface area contributed by atoms with Gasteiger partial charge in [-0.05, 0) is 24.6 Å². The summed E-state index contributed by atoms with van der Waals surface area (Å²) in [6.45, 7) is 4.47. The molecule has 0 bridgehead atoms. The van der Waals surface area contributed by atoms with Crippen LogP contribution < -0.4 is 10.6 Å². The van der Waals surface area contributed by atoms with E-state index in [2.05, 4.69) is 4.90 Å². The highest BCUT2D eigenvalue weighted by atomic mass is 32.1. The number of rotatable bonds is 2. The first-order valence-electron chi connectivity index (χ1n) is 6.59. The summed E-state index contributed by atoms with van der Waals surface area (Å²) in [4.78, 5) is 15.6. The third-order valence-electron chi connectivity index (χ3n) is 3.51. The fourth-order valence-electron chi connectivity index (χ4n) is 2.45. The number of nitrogens with two attached hydrogens (primary N) is 1. The summed E-state index contributed by atoms with van der Waals surface area (Å²) in [6.07, 6.45) is 0.869. The number of halogens is 1. The first-order valence-corrected chi connectivity index (χ1v) is 6.99. The Hall–Kier alpha value is -1.69. The molecule has 0 aliphatic carbocycles. The standard InChI is InChI=1S/C14H18FN3OS/c1-10(19)17-5-2-6-18(8-7-17)13-4-3-11(15)9-12(13)14(16)20/h3-4,9H,2,5-8H2,1H3,(H2,16,20). The molecule has 0 spiro atoms. The monoisotopic (exact) mass is 295 g/mol. The van der Waals surface area contributed by atoms with Crippen molar-refractivity contribution in [1.82, 2.24) is 4.90 Å². The topological polar surface area (TPSA) is 49.6 Å². The molecule has 0 aromatic heterocycles. The Bertz CT molecular complexity index is 535. The SMILES string of the molecule is CC(=O)N1CCCN(c2ccc(F)cc2C(N)=S)CC1. The van der Waals surface area contributed by atoms with Crippen molar-refractivity contribution in [2.45, 2.75) is 13.3 Å². The van der Waals surface area contributed by atoms with Gasteiger partial charge in [0.1, 0.15) is 10.8 Å². The van der Waals surface area contributed by atoms with Crippen LogP contribution in [0.15, 0.2) is 18.2 Å². The molecule has 1 aliphatic heterocycles. The second-order valence-electron chi connectivity index (χ2n) is 4.87. The number of hydrogen-bond donors (Lipinski definition) is 1. The minimum Gasteiger partial charge on any atom is -0.389 e. The molecule has 0 unspecified atom stereocenters. The number of nitrogens with zero attached hydrogens (tertiary/aromatic N) is 2. The van der Waals surface area contributed by atoms with Gasteiger partial charge in [-0.15, -0.1) is 0 Å². The van der Waals surface area contributed by atoms with Gasteiger partial charge in [-0.2, -0.15) is 0 Å². The molecule has 20 heavy (non-hydrogen) atoms. The van der Waals surface area contributed by atoms with Crippen molar-refractivity contribution in [2.75, 3.05) is 31.1 Å². The van der Waals surface area contributed by atoms with Crippen molar-refractivity contribution in [3.63, 3.8) is 0 Å². The third-order valence-corrected chi connectivity index (χ3v) is 3.73. The quantitative estimate of drug-likeness (QED) is 0.841. The molecule has 1 aromatic carbocycles. The van der Waals surface area contributed by atoms with Crippen LogP contribution in [-0.2, 0) is 4.79 Å². The van der Waals surface area contributed by atoms with Crippen LogP contribution in [0, 0.1) is 5.82 Å². The summed E-state index contributed by atoms with van der Waals surface area (Å²) < 4.78 is 13.3. The minimum absolute atomic E-state index is 0.0838. The van der Waals surface area contributed by atoms with Crippen LogP contribution in [0.5, 0.6) is 0 Å². The van der Waals surface area contributed by atoms with Crippen LogP contribution in [0.2, 0.25) is 0 Å². The molecule has 1 amide bonds. The number of hydrogen-bond acceptors (Lipinski definition) is 3. The molecule has 6 heteroatoms. The molecule has 1 saturated heterocycles. The summed E-state index contributed by atoms with van der Waals surface area (Å²) in [7, 11) is 0. The van der Waals surface area contributed by atoms with Gasteiger partial charge in [0, 0.05) is 44.4 Å². The van der Waals surface area contributed by atoms with Gasteiger partial charge in [0.2, 0.25) is 5.91 Å². The van der Waals surface area contributed by atoms with Gasteiger partial charge in [-0.3, -0.25) is 4.79 Å². The molecule has 0 saturated carbocycles. The van der Waals surface area contributed by atoms with Crippen molar-refractivity contribution < 1.29 is 9.18 Å². The largest absolute Gasteiger partial charge is 0.389 e. The van der Waals surface area contributed by atoms with Crippen LogP contribution in [0.1, 0.15) is 18.9 Å². The van der Waals surface area contributed by atoms with Crippen molar-refractivity contribution in [3.05, 3.63) is 29.6 Å². The number of benzene rings is 1. The number of carbonyl (C=O) groups is 1. The lowest BCUT2D eigenvalue weighted by atomic mass is 10.1. The van der Waals surface area contributed by atoms with E-state index >= 15 is 0 Å². The van der Waals surface area contributed by atoms with Crippen molar-refractivity contribution in [3.8, 4) is 0 Å². The molecular weight excluding hydrogens is 277 g/mol. The highest BCUT2D eigenvalue weighted by Crippen LogP contribution is 2.23. The molecule has 108 valence electrons. The third kappa shape index (κ3) is 3.25. The van der Waals surface area contributed by atoms with Gasteiger partial charge in [0.05, 0.1) is 0 Å². The number of thiocarbonyl (C=S) groups is 1. The number of carbonyl (C=O) groups excluding carboxylic acids is 1. The first kappa shape index (κ1) is 14.7. The number of anilines is 1. The van der Waals surface area contributed by atoms with E-state index in [0.717, 1.165) is 25.2 Å². The van der Waals surface area contributed by atoms with Gasteiger partial charge >= 0.3 is 0 Å². The Morgan fingerprint density at radius 1 is 1.30 bits per heavy atom. The van der Waals surface area contributed by atoms with E-state index in [1.807, 2.05) is 4.90 Å². The van der Waals surface area contributed by atoms with Crippen molar-refractivity contribution in [1.29, 1.82) is 0 Å². The zero-order valence-corrected chi connectivity index (χ0v) is 12.3. The summed E-state index contributed by atoms with van der Waals surface area (Å²) >= 11 is 5.00. The Morgan fingerprint density at radius 3 is 2.70 bits per heavy atom. The first-order chi connectivity index (χ1) is 9.49. The van der Waals surface area contributed by atoms with Crippen LogP contribution >= 0.6 is 12.2 Å². The molecule has 1 aliphatic rings. The van der Waals surface area contributed by atoms with E-state index in [1.165, 1.54) is 12.1 Å². The van der Waals surface area contributed by atoms with Gasteiger partial charge in [0.25, 0.3) is 0 Å². The second kappa shape index (κ2) is 6.17. The molecular formula is C14H18FN3OS. The summed E-state index contributed by atoms with van der Waals surface area (Å²) in [5.41, 5.74) is 7.07. The van der Waals surface area contributed by atoms with Gasteiger partial charge in [-0.1, -0.05) is 12.2 Å². The molecule has 1 fully saturated rings. The fraction of sp³-hybridized carbons (Fsp3) is 0.429. The number of amides is 1. The van der Waals surface area contributed by atoms with E-state index in [0.29, 0.717) is 18.7 Å². The average molecular weight is 295 g/mol. The maximum atomic E-state index is 13.3. The van der Waals surface area contributed by atoms with Crippen LogP contribution in [0.25, 0.3) is 0 Å². The molecule has 1 aromatic rings. The Morgan fingerprint density at radius 2 is 2.05 bits per heavy atom. The predicted octanol–water partition coefficient (Wildman–Crippen LogP) is 1.52. The van der Waals surface area contributed by atoms with Gasteiger partial charge in [-0.25, -0.2) is 4.39 Å². The van der Waals surface area contributed by atoms with Crippen LogP contribution in [0.3, 0.4) is 0 Å². The maximum absolute atomic E-state index is 13.3. The molecule has 0 radical (unpaired) electrons. The van der Waals surface area contributed by atoms with E-state index < -0.39 is 0 Å². The van der Waals surface area contributed by atoms with Crippen LogP contribution in [0.4, 0.5) is 10.1 Å². The Balaban J connectivity index is 2.23. The van der Waals surface area contributed by atoms with E-state index in [9.17, 15) is 9.18 Å². The second-order valence-corrected chi connectivity index (χ2v) is 5.31. The lowest BCUT2D eigenvalue weighted by Gasteiger charge is -2.25. The lowest BCUT2D eigenvalue weighted by molar-refractivity contribution is -0.128. The summed E-state index contributed by atoms with van der Waals surface area (Å²) in [6, 6.07) is 4.48. The van der Waals surface area contributed by atoms with Crippen molar-refractivity contribution in [2.24, 2.45) is 5.73 Å². The lowest BCUT2D eigenvalue weighted by Crippen LogP contribution is -2.34. The van der Waals surface area contributed by atoms with Gasteiger partial charge in [0.15, 0.2) is 0 Å². The average Bonchev–Trinajstić information content (AvgIpc) is 2.64. The zero-order chi connectivity index (χ0) is 14.7. The normalized spacial score (nSPS) is 15.9. The molecule has 2 N–H and O–H groups in total. The highest BCUT2D eigenvalue weighted by Gasteiger charge is 2.19. The Kier molecular flexibility index (Phi) is 4.54. The summed E-state index contributed by atoms with van der Waals surface area (Å²) in [5.74, 6) is -0.266. The Labute approximate surface area is 123 Å². The maximum Gasteiger partial charge on any atom is 0.219 e. The molecule has 0 atom stereocenters. The van der Waals surface area contributed by atoms with Crippen LogP contribution in [-0.4, -0.2) is 42.0 Å². The molecule has 1 heterocycles. The highest BCUT2D eigenvalue weighted by molar-refractivity contribution is 7.80. The zero-order valence-electron chi connectivity index (χ0n) is 11.4. The molecule has 4 nitrogen and oxygen atoms in total. The minimum atomic E-state index is -0.350.